The number of benzene rings is 1. The van der Waals surface area contributed by atoms with Gasteiger partial charge < -0.3 is 15.1 Å². The van der Waals surface area contributed by atoms with Crippen molar-refractivity contribution in [3.8, 4) is 5.75 Å². The first-order chi connectivity index (χ1) is 9.55. The SMILES string of the molecule is CC(C)(C)C(=O)N1Cc2cc(O)ccc2C[C@]1(C)C(=O)O. The molecule has 0 unspecified atom stereocenters. The standard InChI is InChI=1S/C16H21NO4/c1-15(2,3)13(19)17-9-11-7-12(18)6-5-10(11)8-16(17,4)14(20)21/h5-7,18H,8-9H2,1-4H3,(H,20,21)/t16-/m1/s1. The zero-order valence-electron chi connectivity index (χ0n) is 12.8. The summed E-state index contributed by atoms with van der Waals surface area (Å²) in [5.74, 6) is -1.10. The molecule has 0 spiro atoms. The summed E-state index contributed by atoms with van der Waals surface area (Å²) in [6.07, 6.45) is 0.236. The number of hydrogen-bond acceptors (Lipinski definition) is 3. The molecule has 1 heterocycles. The van der Waals surface area contributed by atoms with E-state index in [0.717, 1.165) is 11.1 Å². The molecule has 1 aromatic carbocycles. The molecule has 2 rings (SSSR count). The maximum absolute atomic E-state index is 12.6. The highest BCUT2D eigenvalue weighted by Crippen LogP contribution is 2.35. The van der Waals surface area contributed by atoms with Crippen LogP contribution in [-0.2, 0) is 22.6 Å². The molecule has 1 atom stereocenters. The van der Waals surface area contributed by atoms with Crippen LogP contribution in [-0.4, -0.2) is 32.5 Å². The van der Waals surface area contributed by atoms with Gasteiger partial charge in [0.25, 0.3) is 0 Å². The van der Waals surface area contributed by atoms with E-state index in [1.54, 1.807) is 45.9 Å². The topological polar surface area (TPSA) is 77.8 Å². The molecule has 0 saturated carbocycles. The van der Waals surface area contributed by atoms with Crippen molar-refractivity contribution in [2.24, 2.45) is 5.41 Å². The first-order valence-electron chi connectivity index (χ1n) is 6.92. The Balaban J connectivity index is 2.52. The van der Waals surface area contributed by atoms with Gasteiger partial charge in [-0.25, -0.2) is 4.79 Å². The molecule has 0 aromatic heterocycles. The Morgan fingerprint density at radius 1 is 1.24 bits per heavy atom. The molecule has 1 amide bonds. The van der Waals surface area contributed by atoms with Crippen LogP contribution >= 0.6 is 0 Å². The minimum atomic E-state index is -1.27. The molecule has 114 valence electrons. The highest BCUT2D eigenvalue weighted by atomic mass is 16.4. The second-order valence-electron chi connectivity index (χ2n) is 6.85. The summed E-state index contributed by atoms with van der Waals surface area (Å²) in [6.45, 7) is 7.10. The van der Waals surface area contributed by atoms with Gasteiger partial charge in [-0.2, -0.15) is 0 Å². The normalized spacial score (nSPS) is 21.8. The van der Waals surface area contributed by atoms with Crippen LogP contribution in [0.15, 0.2) is 18.2 Å². The summed E-state index contributed by atoms with van der Waals surface area (Å²) < 4.78 is 0. The summed E-state index contributed by atoms with van der Waals surface area (Å²) in [5.41, 5.74) is -0.277. The molecule has 1 aliphatic heterocycles. The van der Waals surface area contributed by atoms with Gasteiger partial charge in [-0.1, -0.05) is 26.8 Å². The van der Waals surface area contributed by atoms with Crippen LogP contribution in [0, 0.1) is 5.41 Å². The molecule has 5 nitrogen and oxygen atoms in total. The quantitative estimate of drug-likeness (QED) is 0.831. The Labute approximate surface area is 124 Å². The van der Waals surface area contributed by atoms with E-state index in [1.807, 2.05) is 0 Å². The molecule has 1 aromatic rings. The third-order valence-corrected chi connectivity index (χ3v) is 4.00. The van der Waals surface area contributed by atoms with E-state index in [0.29, 0.717) is 0 Å². The van der Waals surface area contributed by atoms with E-state index in [-0.39, 0.29) is 24.6 Å². The van der Waals surface area contributed by atoms with Gasteiger partial charge >= 0.3 is 5.97 Å². The van der Waals surface area contributed by atoms with Crippen LogP contribution in [0.4, 0.5) is 0 Å². The molecular weight excluding hydrogens is 270 g/mol. The molecule has 0 aliphatic carbocycles. The smallest absolute Gasteiger partial charge is 0.329 e. The lowest BCUT2D eigenvalue weighted by molar-refractivity contribution is -0.163. The number of rotatable bonds is 1. The van der Waals surface area contributed by atoms with Gasteiger partial charge in [0, 0.05) is 18.4 Å². The van der Waals surface area contributed by atoms with Gasteiger partial charge in [0.1, 0.15) is 11.3 Å². The number of phenolic OH excluding ortho intramolecular Hbond substituents is 1. The highest BCUT2D eigenvalue weighted by Gasteiger charge is 2.47. The van der Waals surface area contributed by atoms with Crippen molar-refractivity contribution in [3.63, 3.8) is 0 Å². The van der Waals surface area contributed by atoms with Crippen molar-refractivity contribution in [1.82, 2.24) is 4.90 Å². The molecule has 2 N–H and O–H groups in total. The van der Waals surface area contributed by atoms with Crippen molar-refractivity contribution in [3.05, 3.63) is 29.3 Å². The molecule has 1 aliphatic rings. The predicted octanol–water partition coefficient (Wildman–Crippen LogP) is 2.17. The average molecular weight is 291 g/mol. The molecule has 0 bridgehead atoms. The first-order valence-corrected chi connectivity index (χ1v) is 6.92. The maximum Gasteiger partial charge on any atom is 0.329 e. The van der Waals surface area contributed by atoms with Crippen molar-refractivity contribution < 1.29 is 19.8 Å². The molecule has 0 radical (unpaired) electrons. The third kappa shape index (κ3) is 2.60. The fraction of sp³-hybridized carbons (Fsp3) is 0.500. The first kappa shape index (κ1) is 15.4. The number of amides is 1. The summed E-state index contributed by atoms with van der Waals surface area (Å²) in [6, 6.07) is 4.87. The molecule has 0 saturated heterocycles. The fourth-order valence-corrected chi connectivity index (χ4v) is 2.63. The van der Waals surface area contributed by atoms with Gasteiger partial charge in [-0.05, 0) is 30.2 Å². The number of hydrogen-bond donors (Lipinski definition) is 2. The van der Waals surface area contributed by atoms with Crippen molar-refractivity contribution >= 4 is 11.9 Å². The average Bonchev–Trinajstić information content (AvgIpc) is 2.36. The van der Waals surface area contributed by atoms with Crippen LogP contribution in [0.2, 0.25) is 0 Å². The van der Waals surface area contributed by atoms with Crippen LogP contribution < -0.4 is 0 Å². The van der Waals surface area contributed by atoms with E-state index < -0.39 is 16.9 Å². The van der Waals surface area contributed by atoms with E-state index in [4.69, 9.17) is 0 Å². The van der Waals surface area contributed by atoms with Gasteiger partial charge in [-0.15, -0.1) is 0 Å². The van der Waals surface area contributed by atoms with Crippen LogP contribution in [0.5, 0.6) is 5.75 Å². The van der Waals surface area contributed by atoms with Gasteiger partial charge in [-0.3, -0.25) is 4.79 Å². The van der Waals surface area contributed by atoms with Crippen LogP contribution in [0.3, 0.4) is 0 Å². The predicted molar refractivity (Wildman–Crippen MR) is 77.9 cm³/mol. The minimum Gasteiger partial charge on any atom is -0.508 e. The highest BCUT2D eigenvalue weighted by molar-refractivity contribution is 5.90. The van der Waals surface area contributed by atoms with Crippen LogP contribution in [0.1, 0.15) is 38.8 Å². The Kier molecular flexibility index (Phi) is 3.48. The van der Waals surface area contributed by atoms with Crippen molar-refractivity contribution in [1.29, 1.82) is 0 Å². The van der Waals surface area contributed by atoms with Gasteiger partial charge in [0.05, 0.1) is 0 Å². The Bertz CT molecular complexity index is 603. The lowest BCUT2D eigenvalue weighted by atomic mass is 9.81. The number of phenols is 1. The summed E-state index contributed by atoms with van der Waals surface area (Å²) >= 11 is 0. The Morgan fingerprint density at radius 3 is 2.38 bits per heavy atom. The number of carbonyl (C=O) groups is 2. The molecule has 0 fully saturated rings. The molecular formula is C16H21NO4. The number of fused-ring (bicyclic) bond motifs is 1. The zero-order valence-corrected chi connectivity index (χ0v) is 12.8. The van der Waals surface area contributed by atoms with E-state index in [2.05, 4.69) is 0 Å². The Hall–Kier alpha value is -2.04. The second kappa shape index (κ2) is 4.76. The van der Waals surface area contributed by atoms with Crippen molar-refractivity contribution in [2.75, 3.05) is 0 Å². The van der Waals surface area contributed by atoms with Gasteiger partial charge in [0.15, 0.2) is 0 Å². The summed E-state index contributed by atoms with van der Waals surface area (Å²) in [4.78, 5) is 25.8. The zero-order chi connectivity index (χ0) is 16.0. The van der Waals surface area contributed by atoms with Gasteiger partial charge in [0.2, 0.25) is 5.91 Å². The molecule has 21 heavy (non-hydrogen) atoms. The number of carboxylic acids is 1. The number of carboxylic acid groups (broad SMARTS) is 1. The number of aliphatic carboxylic acids is 1. The number of carbonyl (C=O) groups excluding carboxylic acids is 1. The monoisotopic (exact) mass is 291 g/mol. The molecule has 5 heteroatoms. The fourth-order valence-electron chi connectivity index (χ4n) is 2.63. The van der Waals surface area contributed by atoms with Crippen molar-refractivity contribution in [2.45, 2.75) is 46.2 Å². The lowest BCUT2D eigenvalue weighted by Gasteiger charge is -2.45. The lowest BCUT2D eigenvalue weighted by Crippen LogP contribution is -2.60. The number of nitrogens with zero attached hydrogens (tertiary/aromatic N) is 1. The minimum absolute atomic E-state index is 0.121. The largest absolute Gasteiger partial charge is 0.508 e. The van der Waals surface area contributed by atoms with E-state index in [1.165, 1.54) is 4.90 Å². The summed E-state index contributed by atoms with van der Waals surface area (Å²) in [7, 11) is 0. The second-order valence-corrected chi connectivity index (χ2v) is 6.85. The van der Waals surface area contributed by atoms with E-state index in [9.17, 15) is 19.8 Å². The summed E-state index contributed by atoms with van der Waals surface area (Å²) in [5, 5.41) is 19.2. The maximum atomic E-state index is 12.6. The van der Waals surface area contributed by atoms with E-state index >= 15 is 0 Å². The number of aromatic hydroxyl groups is 1. The van der Waals surface area contributed by atoms with Crippen LogP contribution in [0.25, 0.3) is 0 Å². The Morgan fingerprint density at radius 2 is 1.86 bits per heavy atom. The third-order valence-electron chi connectivity index (χ3n) is 4.00.